The van der Waals surface area contributed by atoms with Gasteiger partial charge in [0.1, 0.15) is 23.0 Å². The van der Waals surface area contributed by atoms with Crippen molar-refractivity contribution in [2.45, 2.75) is 111 Å². The molecule has 1 aliphatic heterocycles. The summed E-state index contributed by atoms with van der Waals surface area (Å²) in [7, 11) is -1.74. The molecule has 1 heterocycles. The molecule has 0 radical (unpaired) electrons. The number of rotatable bonds is 7. The maximum atomic E-state index is 13.5. The third kappa shape index (κ3) is 8.22. The van der Waals surface area contributed by atoms with Crippen LogP contribution in [-0.4, -0.2) is 67.2 Å². The predicted octanol–water partition coefficient (Wildman–Crippen LogP) is 3.65. The smallest absolute Gasteiger partial charge is 0.412 e. The maximum absolute atomic E-state index is 13.5. The second-order valence-corrected chi connectivity index (χ2v) is 14.9. The zero-order chi connectivity index (χ0) is 26.0. The molecule has 1 rings (SSSR count). The average Bonchev–Trinajstić information content (AvgIpc) is 2.96. The molecule has 0 aromatic rings. The van der Waals surface area contributed by atoms with Crippen molar-refractivity contribution in [3.05, 3.63) is 0 Å². The van der Waals surface area contributed by atoms with Gasteiger partial charge in [0, 0.05) is 19.1 Å². The van der Waals surface area contributed by atoms with Crippen LogP contribution >= 0.6 is 0 Å². The summed E-state index contributed by atoms with van der Waals surface area (Å²) in [6.07, 6.45) is 0.197. The Labute approximate surface area is 202 Å². The fraction of sp³-hybridized carbons (Fsp3) is 0.917. The lowest BCUT2D eigenvalue weighted by Crippen LogP contribution is -2.62. The number of carbonyl (C=O) groups excluding carboxylic acids is 2. The molecule has 1 saturated heterocycles. The van der Waals surface area contributed by atoms with Crippen LogP contribution in [-0.2, 0) is 18.7 Å². The normalized spacial score (nSPS) is 24.1. The molecule has 4 atom stereocenters. The van der Waals surface area contributed by atoms with Crippen LogP contribution in [0, 0.1) is 17.3 Å². The van der Waals surface area contributed by atoms with E-state index in [1.807, 2.05) is 33.9 Å². The maximum Gasteiger partial charge on any atom is 0.412 e. The number of nitrogens with zero attached hydrogens (tertiary/aromatic N) is 1. The van der Waals surface area contributed by atoms with E-state index in [4.69, 9.17) is 19.6 Å². The molecular formula is C24H48N2O6Si. The minimum atomic E-state index is -1.74. The van der Waals surface area contributed by atoms with Crippen LogP contribution in [0.15, 0.2) is 0 Å². The largest absolute Gasteiger partial charge is 0.459 e. The molecule has 8 nitrogen and oxygen atoms in total. The van der Waals surface area contributed by atoms with E-state index >= 15 is 0 Å². The van der Waals surface area contributed by atoms with Gasteiger partial charge in [-0.25, -0.2) is 4.79 Å². The van der Waals surface area contributed by atoms with Crippen molar-refractivity contribution in [2.24, 2.45) is 23.0 Å². The highest BCUT2D eigenvalue weighted by atomic mass is 28.3. The van der Waals surface area contributed by atoms with E-state index in [-0.39, 0.29) is 24.4 Å². The predicted molar refractivity (Wildman–Crippen MR) is 132 cm³/mol. The molecule has 194 valence electrons. The third-order valence-corrected chi connectivity index (χ3v) is 6.69. The fourth-order valence-electron chi connectivity index (χ4n) is 4.35. The van der Waals surface area contributed by atoms with E-state index in [9.17, 15) is 14.7 Å². The lowest BCUT2D eigenvalue weighted by Gasteiger charge is -2.47. The van der Waals surface area contributed by atoms with E-state index in [0.717, 1.165) is 0 Å². The Morgan fingerprint density at radius 2 is 1.58 bits per heavy atom. The first-order valence-electron chi connectivity index (χ1n) is 12.0. The molecule has 9 heteroatoms. The SMILES string of the molecule is C[SiH](C)O[C@]1(C(CCO)C(N)C(=O)OC(C)(C)C)C[C@H](C(C)(C)C)CN1C(=O)OC(C)(C)C. The van der Waals surface area contributed by atoms with Crippen molar-refractivity contribution >= 4 is 21.1 Å². The van der Waals surface area contributed by atoms with E-state index in [0.29, 0.717) is 13.0 Å². The molecule has 0 bridgehead atoms. The van der Waals surface area contributed by atoms with Crippen molar-refractivity contribution in [2.75, 3.05) is 13.2 Å². The van der Waals surface area contributed by atoms with Crippen molar-refractivity contribution in [3.8, 4) is 0 Å². The standard InChI is InChI=1S/C24H48N2O6Si/c1-21(2,3)16-14-24(32-33(10)11,26(15-16)20(29)31-23(7,8)9)17(12-13-27)18(25)19(28)30-22(4,5)6/h16-18,27,33H,12-15,25H2,1-11H3/t16-,17?,18?,24-/m0/s1. The Balaban J connectivity index is 3.62. The van der Waals surface area contributed by atoms with Gasteiger partial charge >= 0.3 is 12.1 Å². The molecule has 3 N–H and O–H groups in total. The molecule has 0 aliphatic carbocycles. The Kier molecular flexibility index (Phi) is 9.61. The minimum absolute atomic E-state index is 0.0878. The number of aliphatic hydroxyl groups is 1. The van der Waals surface area contributed by atoms with Crippen LogP contribution in [0.1, 0.15) is 75.2 Å². The highest BCUT2D eigenvalue weighted by Gasteiger charge is 2.59. The van der Waals surface area contributed by atoms with Crippen molar-refractivity contribution in [3.63, 3.8) is 0 Å². The van der Waals surface area contributed by atoms with Crippen LogP contribution in [0.3, 0.4) is 0 Å². The van der Waals surface area contributed by atoms with E-state index < -0.39 is 50.0 Å². The topological polar surface area (TPSA) is 111 Å². The molecule has 1 aliphatic rings. The fourth-order valence-corrected chi connectivity index (χ4v) is 5.56. The second-order valence-electron chi connectivity index (χ2n) is 12.5. The summed E-state index contributed by atoms with van der Waals surface area (Å²) >= 11 is 0. The van der Waals surface area contributed by atoms with Crippen molar-refractivity contribution in [1.82, 2.24) is 4.90 Å². The minimum Gasteiger partial charge on any atom is -0.459 e. The summed E-state index contributed by atoms with van der Waals surface area (Å²) < 4.78 is 18.0. The van der Waals surface area contributed by atoms with Gasteiger partial charge in [-0.2, -0.15) is 0 Å². The van der Waals surface area contributed by atoms with Crippen LogP contribution in [0.5, 0.6) is 0 Å². The van der Waals surface area contributed by atoms with E-state index in [1.54, 1.807) is 25.7 Å². The molecule has 1 fully saturated rings. The molecule has 0 aromatic carbocycles. The van der Waals surface area contributed by atoms with Gasteiger partial charge in [0.2, 0.25) is 0 Å². The van der Waals surface area contributed by atoms with Gasteiger partial charge in [-0.1, -0.05) is 20.8 Å². The first kappa shape index (κ1) is 29.9. The van der Waals surface area contributed by atoms with E-state index in [2.05, 4.69) is 20.8 Å². The number of hydrogen-bond donors (Lipinski definition) is 2. The van der Waals surface area contributed by atoms with Gasteiger partial charge in [-0.15, -0.1) is 0 Å². The molecule has 1 amide bonds. The number of hydrogen-bond acceptors (Lipinski definition) is 7. The van der Waals surface area contributed by atoms with Crippen LogP contribution in [0.2, 0.25) is 13.1 Å². The number of ether oxygens (including phenoxy) is 2. The monoisotopic (exact) mass is 488 g/mol. The lowest BCUT2D eigenvalue weighted by molar-refractivity contribution is -0.167. The first-order valence-corrected chi connectivity index (χ1v) is 14.8. The number of esters is 1. The summed E-state index contributed by atoms with van der Waals surface area (Å²) in [5, 5.41) is 9.96. The highest BCUT2D eigenvalue weighted by molar-refractivity contribution is 6.48. The van der Waals surface area contributed by atoms with Crippen LogP contribution < -0.4 is 5.73 Å². The Morgan fingerprint density at radius 3 is 1.97 bits per heavy atom. The van der Waals surface area contributed by atoms with Gasteiger partial charge in [-0.05, 0) is 78.8 Å². The first-order chi connectivity index (χ1) is 14.7. The molecule has 33 heavy (non-hydrogen) atoms. The Morgan fingerprint density at radius 1 is 1.06 bits per heavy atom. The zero-order valence-corrected chi connectivity index (χ0v) is 23.8. The summed E-state index contributed by atoms with van der Waals surface area (Å²) in [5.74, 6) is -1.14. The van der Waals surface area contributed by atoms with Crippen molar-refractivity contribution < 1.29 is 28.6 Å². The number of nitrogens with two attached hydrogens (primary N) is 1. The highest BCUT2D eigenvalue weighted by Crippen LogP contribution is 2.49. The Hall–Kier alpha value is -1.16. The molecule has 0 aromatic heterocycles. The molecular weight excluding hydrogens is 440 g/mol. The number of aliphatic hydroxyl groups excluding tert-OH is 1. The summed E-state index contributed by atoms with van der Waals surface area (Å²) in [6, 6.07) is -1.08. The molecule has 0 saturated carbocycles. The average molecular weight is 489 g/mol. The van der Waals surface area contributed by atoms with Gasteiger partial charge in [0.05, 0.1) is 0 Å². The number of carbonyl (C=O) groups is 2. The molecule has 0 spiro atoms. The third-order valence-electron chi connectivity index (χ3n) is 5.81. The van der Waals surface area contributed by atoms with Gasteiger partial charge in [0.15, 0.2) is 9.04 Å². The Bertz CT molecular complexity index is 680. The van der Waals surface area contributed by atoms with Gasteiger partial charge < -0.3 is 24.7 Å². The number of amides is 1. The summed E-state index contributed by atoms with van der Waals surface area (Å²) in [6.45, 7) is 21.4. The molecule has 2 unspecified atom stereocenters. The van der Waals surface area contributed by atoms with Crippen LogP contribution in [0.25, 0.3) is 0 Å². The zero-order valence-electron chi connectivity index (χ0n) is 22.7. The summed E-state index contributed by atoms with van der Waals surface area (Å²) in [4.78, 5) is 28.1. The van der Waals surface area contributed by atoms with Gasteiger partial charge in [-0.3, -0.25) is 9.69 Å². The summed E-state index contributed by atoms with van der Waals surface area (Å²) in [5.41, 5.74) is 3.81. The lowest BCUT2D eigenvalue weighted by atomic mass is 9.75. The van der Waals surface area contributed by atoms with Crippen molar-refractivity contribution in [1.29, 1.82) is 0 Å². The van der Waals surface area contributed by atoms with Gasteiger partial charge in [0.25, 0.3) is 0 Å². The van der Waals surface area contributed by atoms with E-state index in [1.165, 1.54) is 0 Å². The number of likely N-dealkylation sites (tertiary alicyclic amines) is 1. The second kappa shape index (κ2) is 10.6. The van der Waals surface area contributed by atoms with Crippen LogP contribution in [0.4, 0.5) is 4.79 Å². The quantitative estimate of drug-likeness (QED) is 0.415.